The number of halogens is 7. The topological polar surface area (TPSA) is 96.5 Å². The first kappa shape index (κ1) is 29.7. The maximum atomic E-state index is 13.4. The van der Waals surface area contributed by atoms with Gasteiger partial charge in [-0.25, -0.2) is 9.97 Å². The van der Waals surface area contributed by atoms with Gasteiger partial charge in [0.25, 0.3) is 11.8 Å². The van der Waals surface area contributed by atoms with E-state index < -0.39 is 47.8 Å². The molecule has 0 spiro atoms. The number of pyridine rings is 2. The van der Waals surface area contributed by atoms with Crippen LogP contribution >= 0.6 is 11.6 Å². The molecule has 0 aliphatic carbocycles. The first-order chi connectivity index (χ1) is 18.5. The predicted octanol–water partition coefficient (Wildman–Crippen LogP) is 4.91. The summed E-state index contributed by atoms with van der Waals surface area (Å²) in [6.07, 6.45) is -4.43. The van der Waals surface area contributed by atoms with Crippen molar-refractivity contribution in [3.05, 3.63) is 46.7 Å². The SMILES string of the molecule is CC(C)(Oc1ncc(Cl)cc1C(F)(F)F)C(=O)NC1C[C@H]2CC[C@@H](C1)N2c1ccc(C(=O)NCC(F)(F)F)cn1. The van der Waals surface area contributed by atoms with Gasteiger partial charge in [0.15, 0.2) is 5.60 Å². The van der Waals surface area contributed by atoms with E-state index >= 15 is 0 Å². The highest BCUT2D eigenvalue weighted by molar-refractivity contribution is 6.30. The Bertz CT molecular complexity index is 1240. The molecule has 2 aromatic rings. The van der Waals surface area contributed by atoms with Crippen LogP contribution < -0.4 is 20.3 Å². The molecule has 2 amide bonds. The highest BCUT2D eigenvalue weighted by atomic mass is 35.5. The lowest BCUT2D eigenvalue weighted by atomic mass is 9.96. The van der Waals surface area contributed by atoms with Crippen molar-refractivity contribution in [1.29, 1.82) is 0 Å². The van der Waals surface area contributed by atoms with Gasteiger partial charge in [-0.1, -0.05) is 11.6 Å². The van der Waals surface area contributed by atoms with E-state index in [0.29, 0.717) is 24.7 Å². The number of amides is 2. The molecule has 218 valence electrons. The lowest BCUT2D eigenvalue weighted by molar-refractivity contribution is -0.144. The fourth-order valence-electron chi connectivity index (χ4n) is 4.98. The average molecular weight is 594 g/mol. The number of ether oxygens (including phenoxy) is 1. The van der Waals surface area contributed by atoms with Gasteiger partial charge in [-0.2, -0.15) is 26.3 Å². The van der Waals surface area contributed by atoms with E-state index in [2.05, 4.69) is 20.2 Å². The van der Waals surface area contributed by atoms with Gasteiger partial charge in [-0.05, 0) is 57.7 Å². The minimum atomic E-state index is -4.79. The molecule has 2 aromatic heterocycles. The standard InChI is InChI=1S/C25H26ClF6N5O3/c1-23(2,40-21-18(25(30,31)32)7-14(26)11-34-21)22(39)36-15-8-16-4-5-17(9-15)37(16)19-6-3-13(10-33-19)20(38)35-12-24(27,28)29/h3,6-7,10-11,15-17H,4-5,8-9,12H2,1-2H3,(H,35,38)(H,36,39)/t15?,16-,17+. The normalized spacial score (nSPS) is 21.2. The number of anilines is 1. The van der Waals surface area contributed by atoms with Gasteiger partial charge in [0.05, 0.1) is 10.6 Å². The Hall–Kier alpha value is -3.29. The third-order valence-corrected chi connectivity index (χ3v) is 7.02. The van der Waals surface area contributed by atoms with E-state index in [1.165, 1.54) is 26.1 Å². The molecule has 3 atom stereocenters. The molecular weight excluding hydrogens is 568 g/mol. The Morgan fingerprint density at radius 2 is 1.70 bits per heavy atom. The quantitative estimate of drug-likeness (QED) is 0.443. The van der Waals surface area contributed by atoms with Crippen molar-refractivity contribution >= 4 is 29.2 Å². The number of nitrogens with one attached hydrogen (secondary N) is 2. The van der Waals surface area contributed by atoms with E-state index in [-0.39, 0.29) is 28.7 Å². The number of hydrogen-bond acceptors (Lipinski definition) is 6. The molecule has 2 aliphatic rings. The summed E-state index contributed by atoms with van der Waals surface area (Å²) < 4.78 is 82.8. The molecular formula is C25H26ClF6N5O3. The molecule has 2 N–H and O–H groups in total. The Kier molecular flexibility index (Phi) is 8.12. The predicted molar refractivity (Wildman–Crippen MR) is 132 cm³/mol. The zero-order valence-electron chi connectivity index (χ0n) is 21.4. The van der Waals surface area contributed by atoms with Gasteiger partial charge in [0.1, 0.15) is 17.9 Å². The van der Waals surface area contributed by atoms with Gasteiger partial charge in [-0.15, -0.1) is 0 Å². The number of nitrogens with zero attached hydrogens (tertiary/aromatic N) is 3. The molecule has 1 unspecified atom stereocenters. The van der Waals surface area contributed by atoms with Crippen molar-refractivity contribution in [1.82, 2.24) is 20.6 Å². The second-order valence-corrected chi connectivity index (χ2v) is 10.7. The van der Waals surface area contributed by atoms with Crippen LogP contribution in [0.2, 0.25) is 5.02 Å². The molecule has 2 aliphatic heterocycles. The van der Waals surface area contributed by atoms with Gasteiger partial charge < -0.3 is 20.3 Å². The number of fused-ring (bicyclic) bond motifs is 2. The summed E-state index contributed by atoms with van der Waals surface area (Å²) in [5, 5.41) is 4.46. The molecule has 8 nitrogen and oxygen atoms in total. The van der Waals surface area contributed by atoms with Gasteiger partial charge in [-0.3, -0.25) is 9.59 Å². The highest BCUT2D eigenvalue weighted by Crippen LogP contribution is 2.40. The molecule has 2 fully saturated rings. The number of hydrogen-bond donors (Lipinski definition) is 2. The highest BCUT2D eigenvalue weighted by Gasteiger charge is 2.44. The Labute approximate surface area is 230 Å². The summed E-state index contributed by atoms with van der Waals surface area (Å²) in [5.41, 5.74) is -2.88. The third kappa shape index (κ3) is 6.88. The van der Waals surface area contributed by atoms with Gasteiger partial charge in [0, 0.05) is 30.5 Å². The Morgan fingerprint density at radius 1 is 1.05 bits per heavy atom. The monoisotopic (exact) mass is 593 g/mol. The summed E-state index contributed by atoms with van der Waals surface area (Å²) in [5.74, 6) is -1.69. The van der Waals surface area contributed by atoms with Crippen LogP contribution in [0.4, 0.5) is 32.2 Å². The molecule has 40 heavy (non-hydrogen) atoms. The van der Waals surface area contributed by atoms with Crippen LogP contribution in [0.3, 0.4) is 0 Å². The molecule has 2 bridgehead atoms. The van der Waals surface area contributed by atoms with Crippen LogP contribution in [0.15, 0.2) is 30.6 Å². The van der Waals surface area contributed by atoms with E-state index in [1.807, 2.05) is 0 Å². The van der Waals surface area contributed by atoms with Crippen molar-refractivity contribution in [2.24, 2.45) is 0 Å². The summed E-state index contributed by atoms with van der Waals surface area (Å²) in [6, 6.07) is 3.35. The van der Waals surface area contributed by atoms with E-state index in [0.717, 1.165) is 19.0 Å². The zero-order chi connectivity index (χ0) is 29.5. The molecule has 0 aromatic carbocycles. The van der Waals surface area contributed by atoms with E-state index in [9.17, 15) is 35.9 Å². The van der Waals surface area contributed by atoms with Crippen LogP contribution in [0, 0.1) is 0 Å². The number of carbonyl (C=O) groups is 2. The van der Waals surface area contributed by atoms with Crippen LogP contribution in [0.5, 0.6) is 5.88 Å². The molecule has 4 rings (SSSR count). The first-order valence-electron chi connectivity index (χ1n) is 12.4. The van der Waals surface area contributed by atoms with Crippen molar-refractivity contribution in [2.45, 2.75) is 75.6 Å². The lowest BCUT2D eigenvalue weighted by Crippen LogP contribution is -2.55. The van der Waals surface area contributed by atoms with Crippen molar-refractivity contribution < 1.29 is 40.7 Å². The average Bonchev–Trinajstić information content (AvgIpc) is 3.12. The summed E-state index contributed by atoms with van der Waals surface area (Å²) in [7, 11) is 0. The summed E-state index contributed by atoms with van der Waals surface area (Å²) in [6.45, 7) is 1.25. The molecule has 15 heteroatoms. The number of aromatic nitrogens is 2. The number of piperidine rings is 1. The van der Waals surface area contributed by atoms with Gasteiger partial charge >= 0.3 is 12.4 Å². The minimum Gasteiger partial charge on any atom is -0.461 e. The fraction of sp³-hybridized carbons (Fsp3) is 0.520. The number of alkyl halides is 6. The van der Waals surface area contributed by atoms with Crippen LogP contribution in [-0.2, 0) is 11.0 Å². The van der Waals surface area contributed by atoms with Crippen molar-refractivity contribution in [3.63, 3.8) is 0 Å². The molecule has 4 heterocycles. The first-order valence-corrected chi connectivity index (χ1v) is 12.7. The van der Waals surface area contributed by atoms with E-state index in [4.69, 9.17) is 16.3 Å². The number of carbonyl (C=O) groups excluding carboxylic acids is 2. The summed E-state index contributed by atoms with van der Waals surface area (Å²) in [4.78, 5) is 35.0. The van der Waals surface area contributed by atoms with E-state index in [1.54, 1.807) is 11.4 Å². The van der Waals surface area contributed by atoms with Crippen LogP contribution in [0.25, 0.3) is 0 Å². The molecule has 0 radical (unpaired) electrons. The third-order valence-electron chi connectivity index (χ3n) is 6.81. The maximum Gasteiger partial charge on any atom is 0.421 e. The molecule has 0 saturated carbocycles. The largest absolute Gasteiger partial charge is 0.461 e. The van der Waals surface area contributed by atoms with Crippen LogP contribution in [0.1, 0.15) is 55.5 Å². The fourth-order valence-corrected chi connectivity index (χ4v) is 5.14. The smallest absolute Gasteiger partial charge is 0.421 e. The summed E-state index contributed by atoms with van der Waals surface area (Å²) >= 11 is 5.66. The van der Waals surface area contributed by atoms with Crippen LogP contribution in [-0.4, -0.2) is 58.2 Å². The zero-order valence-corrected chi connectivity index (χ0v) is 22.1. The Balaban J connectivity index is 1.38. The minimum absolute atomic E-state index is 0.00594. The molecule has 2 saturated heterocycles. The maximum absolute atomic E-state index is 13.4. The second kappa shape index (κ2) is 10.9. The second-order valence-electron chi connectivity index (χ2n) is 10.3. The number of rotatable bonds is 7. The van der Waals surface area contributed by atoms with Gasteiger partial charge in [0.2, 0.25) is 5.88 Å². The lowest BCUT2D eigenvalue weighted by Gasteiger charge is -2.40. The van der Waals surface area contributed by atoms with Crippen molar-refractivity contribution in [2.75, 3.05) is 11.4 Å². The van der Waals surface area contributed by atoms with Crippen molar-refractivity contribution in [3.8, 4) is 5.88 Å². The Morgan fingerprint density at radius 3 is 2.25 bits per heavy atom.